The molecule has 0 nitrogen and oxygen atoms in total. The van der Waals surface area contributed by atoms with E-state index in [1.54, 1.807) is 6.07 Å². The van der Waals surface area contributed by atoms with E-state index < -0.39 is 0 Å². The molecule has 0 bridgehead atoms. The molecule has 0 fully saturated rings. The van der Waals surface area contributed by atoms with Crippen molar-refractivity contribution in [3.8, 4) is 0 Å². The summed E-state index contributed by atoms with van der Waals surface area (Å²) < 4.78 is 13.5. The molecule has 0 heterocycles. The zero-order valence-electron chi connectivity index (χ0n) is 5.37. The molecule has 0 saturated heterocycles. The summed E-state index contributed by atoms with van der Waals surface area (Å²) in [4.78, 5) is 2.06. The van der Waals surface area contributed by atoms with Crippen molar-refractivity contribution in [2.75, 3.05) is 4.93 Å². The van der Waals surface area contributed by atoms with Gasteiger partial charge in [-0.15, -0.1) is 0 Å². The van der Waals surface area contributed by atoms with Crippen molar-refractivity contribution >= 4 is 11.6 Å². The molecule has 0 aliphatic rings. The van der Waals surface area contributed by atoms with Crippen LogP contribution >= 0.6 is 11.6 Å². The first-order chi connectivity index (χ1) is 4.74. The SMILES string of the molecule is C[I-]c1cc(F)ccc1Cl. The molecule has 1 aromatic rings. The van der Waals surface area contributed by atoms with E-state index in [9.17, 15) is 4.39 Å². The number of rotatable bonds is 1. The van der Waals surface area contributed by atoms with Gasteiger partial charge in [-0.05, 0) is 0 Å². The molecule has 10 heavy (non-hydrogen) atoms. The second-order valence-electron chi connectivity index (χ2n) is 1.75. The maximum atomic E-state index is 12.5. The third-order valence-corrected chi connectivity index (χ3v) is 3.79. The second kappa shape index (κ2) is 3.53. The first-order valence-corrected chi connectivity index (χ1v) is 6.30. The fourth-order valence-electron chi connectivity index (χ4n) is 0.615. The average molecular weight is 271 g/mol. The Morgan fingerprint density at radius 3 is 2.70 bits per heavy atom. The van der Waals surface area contributed by atoms with Gasteiger partial charge < -0.3 is 0 Å². The van der Waals surface area contributed by atoms with Gasteiger partial charge in [-0.1, -0.05) is 0 Å². The van der Waals surface area contributed by atoms with Gasteiger partial charge in [0, 0.05) is 0 Å². The van der Waals surface area contributed by atoms with Crippen LogP contribution in [0.4, 0.5) is 4.39 Å². The quantitative estimate of drug-likeness (QED) is 0.362. The molecule has 1 rings (SSSR count). The summed E-state index contributed by atoms with van der Waals surface area (Å²) in [5.74, 6) is -0.194. The Kier molecular flexibility index (Phi) is 2.92. The summed E-state index contributed by atoms with van der Waals surface area (Å²) in [6.45, 7) is 0. The number of halogens is 3. The standard InChI is InChI=1S/C7H6ClFI/c1-10-7-4-5(9)2-3-6(7)8/h2-4H,1H3/q-1. The summed E-state index contributed by atoms with van der Waals surface area (Å²) in [7, 11) is 0. The third kappa shape index (κ3) is 1.83. The van der Waals surface area contributed by atoms with Crippen LogP contribution in [0.15, 0.2) is 18.2 Å². The monoisotopic (exact) mass is 271 g/mol. The fourth-order valence-corrected chi connectivity index (χ4v) is 2.52. The Morgan fingerprint density at radius 2 is 2.20 bits per heavy atom. The van der Waals surface area contributed by atoms with E-state index in [2.05, 4.69) is 4.93 Å². The van der Waals surface area contributed by atoms with E-state index in [0.29, 0.717) is 5.02 Å². The molecule has 0 N–H and O–H groups in total. The molecule has 0 radical (unpaired) electrons. The normalized spacial score (nSPS) is 10.3. The Labute approximate surface area is 74.7 Å². The van der Waals surface area contributed by atoms with Crippen LogP contribution in [0, 0.1) is 9.39 Å². The van der Waals surface area contributed by atoms with Crippen molar-refractivity contribution in [2.45, 2.75) is 0 Å². The Hall–Kier alpha value is 0.170. The predicted octanol–water partition coefficient (Wildman–Crippen LogP) is -0.632. The van der Waals surface area contributed by atoms with E-state index in [1.807, 2.05) is 0 Å². The molecule has 1 aromatic carbocycles. The molecule has 0 aromatic heterocycles. The number of hydrogen-bond donors (Lipinski definition) is 0. The van der Waals surface area contributed by atoms with Gasteiger partial charge in [0.05, 0.1) is 0 Å². The minimum absolute atomic E-state index is 0.101. The van der Waals surface area contributed by atoms with Gasteiger partial charge in [-0.25, -0.2) is 0 Å². The summed E-state index contributed by atoms with van der Waals surface area (Å²) in [6, 6.07) is 4.50. The average Bonchev–Trinajstić information content (AvgIpc) is 1.94. The van der Waals surface area contributed by atoms with Crippen molar-refractivity contribution in [3.63, 3.8) is 0 Å². The van der Waals surface area contributed by atoms with Crippen LogP contribution in [0.2, 0.25) is 5.02 Å². The van der Waals surface area contributed by atoms with Crippen LogP contribution in [0.1, 0.15) is 0 Å². The summed E-state index contributed by atoms with van der Waals surface area (Å²) in [5.41, 5.74) is 0. The van der Waals surface area contributed by atoms with Crippen LogP contribution in [0.3, 0.4) is 0 Å². The van der Waals surface area contributed by atoms with Gasteiger partial charge in [-0.3, -0.25) is 0 Å². The summed E-state index contributed by atoms with van der Waals surface area (Å²) >= 11 is 5.66. The van der Waals surface area contributed by atoms with Gasteiger partial charge in [0.1, 0.15) is 0 Å². The van der Waals surface area contributed by atoms with Crippen LogP contribution in [0.25, 0.3) is 0 Å². The first kappa shape index (κ1) is 8.27. The zero-order valence-corrected chi connectivity index (χ0v) is 8.28. The number of benzene rings is 1. The van der Waals surface area contributed by atoms with E-state index in [0.717, 1.165) is 3.57 Å². The topological polar surface area (TPSA) is 0 Å². The molecular weight excluding hydrogens is 265 g/mol. The Morgan fingerprint density at radius 1 is 1.50 bits per heavy atom. The van der Waals surface area contributed by atoms with E-state index >= 15 is 0 Å². The Bertz CT molecular complexity index is 237. The van der Waals surface area contributed by atoms with Gasteiger partial charge in [0.2, 0.25) is 0 Å². The second-order valence-corrected chi connectivity index (χ2v) is 4.40. The van der Waals surface area contributed by atoms with Gasteiger partial charge in [-0.2, -0.15) is 0 Å². The van der Waals surface area contributed by atoms with Crippen molar-refractivity contribution in [1.29, 1.82) is 0 Å². The van der Waals surface area contributed by atoms with Crippen molar-refractivity contribution in [2.24, 2.45) is 0 Å². The van der Waals surface area contributed by atoms with E-state index in [1.165, 1.54) is 12.1 Å². The van der Waals surface area contributed by atoms with Crippen LogP contribution < -0.4 is 21.2 Å². The number of hydrogen-bond acceptors (Lipinski definition) is 0. The predicted molar refractivity (Wildman–Crippen MR) is 36.0 cm³/mol. The van der Waals surface area contributed by atoms with Crippen molar-refractivity contribution in [1.82, 2.24) is 0 Å². The molecule has 0 amide bonds. The molecule has 0 atom stereocenters. The Balaban J connectivity index is 3.09. The van der Waals surface area contributed by atoms with Crippen LogP contribution in [-0.4, -0.2) is 4.93 Å². The third-order valence-electron chi connectivity index (χ3n) is 1.09. The first-order valence-electron chi connectivity index (χ1n) is 2.68. The maximum absolute atomic E-state index is 12.5. The van der Waals surface area contributed by atoms with Crippen LogP contribution in [0.5, 0.6) is 0 Å². The van der Waals surface area contributed by atoms with Gasteiger partial charge >= 0.3 is 74.7 Å². The molecule has 0 aliphatic carbocycles. The molecule has 56 valence electrons. The van der Waals surface area contributed by atoms with Crippen molar-refractivity contribution < 1.29 is 25.6 Å². The molecule has 0 saturated carbocycles. The molecule has 0 aliphatic heterocycles. The molecule has 3 heteroatoms. The van der Waals surface area contributed by atoms with E-state index in [-0.39, 0.29) is 27.0 Å². The van der Waals surface area contributed by atoms with Crippen LogP contribution in [-0.2, 0) is 0 Å². The van der Waals surface area contributed by atoms with Crippen molar-refractivity contribution in [3.05, 3.63) is 32.6 Å². The molecule has 0 spiro atoms. The van der Waals surface area contributed by atoms with Gasteiger partial charge in [0.15, 0.2) is 0 Å². The zero-order chi connectivity index (χ0) is 7.56. The number of alkyl halides is 1. The summed E-state index contributed by atoms with van der Waals surface area (Å²) in [5, 5.41) is 0.691. The molecular formula is C7H6ClFI-. The fraction of sp³-hybridized carbons (Fsp3) is 0.143. The molecule has 0 unspecified atom stereocenters. The summed E-state index contributed by atoms with van der Waals surface area (Å²) in [6.07, 6.45) is 0. The van der Waals surface area contributed by atoms with E-state index in [4.69, 9.17) is 11.6 Å². The minimum atomic E-state index is -0.194. The van der Waals surface area contributed by atoms with Gasteiger partial charge in [0.25, 0.3) is 0 Å².